The van der Waals surface area contributed by atoms with Gasteiger partial charge in [0, 0.05) is 13.1 Å². The Morgan fingerprint density at radius 3 is 2.47 bits per heavy atom. The molecule has 0 amide bonds. The Balaban J connectivity index is 2.04. The van der Waals surface area contributed by atoms with Crippen molar-refractivity contribution >= 4 is 9.84 Å². The van der Waals surface area contributed by atoms with Crippen molar-refractivity contribution in [2.24, 2.45) is 0 Å². The average Bonchev–Trinajstić information content (AvgIpc) is 2.20. The van der Waals surface area contributed by atoms with Crippen molar-refractivity contribution in [1.82, 2.24) is 10.2 Å². The van der Waals surface area contributed by atoms with E-state index in [1.54, 1.807) is 0 Å². The smallest absolute Gasteiger partial charge is 0.152 e. The Labute approximate surface area is 93.0 Å². The molecule has 0 aromatic heterocycles. The van der Waals surface area contributed by atoms with Gasteiger partial charge in [-0.3, -0.25) is 0 Å². The third-order valence-corrected chi connectivity index (χ3v) is 4.37. The zero-order valence-electron chi connectivity index (χ0n) is 9.54. The number of sulfone groups is 1. The van der Waals surface area contributed by atoms with E-state index in [0.717, 1.165) is 39.1 Å². The molecule has 0 aromatic carbocycles. The Kier molecular flexibility index (Phi) is 5.56. The van der Waals surface area contributed by atoms with Gasteiger partial charge in [0.25, 0.3) is 0 Å². The number of nitrogens with zero attached hydrogens (tertiary/aromatic N) is 1. The van der Waals surface area contributed by atoms with Gasteiger partial charge in [-0.15, -0.1) is 0 Å². The van der Waals surface area contributed by atoms with E-state index in [1.165, 1.54) is 6.42 Å². The summed E-state index contributed by atoms with van der Waals surface area (Å²) in [6.07, 6.45) is 2.34. The van der Waals surface area contributed by atoms with E-state index in [0.29, 0.717) is 11.5 Å². The van der Waals surface area contributed by atoms with Gasteiger partial charge >= 0.3 is 0 Å². The molecule has 1 heterocycles. The Hall–Kier alpha value is -0.130. The molecule has 4 nitrogen and oxygen atoms in total. The standard InChI is InChI=1S/C10H22N2O2S/c1-2-11-5-3-4-6-12-7-9-15(13,14)10-8-12/h11H,2-10H2,1H3. The average molecular weight is 234 g/mol. The molecule has 1 aliphatic heterocycles. The summed E-state index contributed by atoms with van der Waals surface area (Å²) in [5.74, 6) is 0.695. The van der Waals surface area contributed by atoms with E-state index in [2.05, 4.69) is 17.1 Å². The van der Waals surface area contributed by atoms with Gasteiger partial charge in [-0.05, 0) is 32.5 Å². The Morgan fingerprint density at radius 1 is 1.20 bits per heavy atom. The van der Waals surface area contributed by atoms with E-state index in [1.807, 2.05) is 0 Å². The van der Waals surface area contributed by atoms with Crippen molar-refractivity contribution in [3.05, 3.63) is 0 Å². The van der Waals surface area contributed by atoms with Crippen molar-refractivity contribution in [3.8, 4) is 0 Å². The summed E-state index contributed by atoms with van der Waals surface area (Å²) >= 11 is 0. The number of hydrogen-bond donors (Lipinski definition) is 1. The summed E-state index contributed by atoms with van der Waals surface area (Å²) in [6, 6.07) is 0. The normalized spacial score (nSPS) is 21.7. The van der Waals surface area contributed by atoms with Crippen LogP contribution < -0.4 is 5.32 Å². The molecule has 0 spiro atoms. The molecule has 0 bridgehead atoms. The summed E-state index contributed by atoms with van der Waals surface area (Å²) in [5.41, 5.74) is 0. The molecule has 0 saturated carbocycles. The maximum atomic E-state index is 11.2. The van der Waals surface area contributed by atoms with Gasteiger partial charge in [-0.1, -0.05) is 6.92 Å². The lowest BCUT2D eigenvalue weighted by atomic mass is 10.3. The van der Waals surface area contributed by atoms with Crippen LogP contribution in [0.3, 0.4) is 0 Å². The number of hydrogen-bond acceptors (Lipinski definition) is 4. The minimum atomic E-state index is -2.71. The molecule has 0 atom stereocenters. The van der Waals surface area contributed by atoms with Crippen LogP contribution >= 0.6 is 0 Å². The zero-order valence-corrected chi connectivity index (χ0v) is 10.4. The van der Waals surface area contributed by atoms with Crippen LogP contribution in [-0.4, -0.2) is 57.5 Å². The predicted molar refractivity (Wildman–Crippen MR) is 62.9 cm³/mol. The minimum Gasteiger partial charge on any atom is -0.317 e. The summed E-state index contributed by atoms with van der Waals surface area (Å²) < 4.78 is 22.3. The van der Waals surface area contributed by atoms with Gasteiger partial charge in [0.05, 0.1) is 11.5 Å². The number of unbranched alkanes of at least 4 members (excludes halogenated alkanes) is 1. The van der Waals surface area contributed by atoms with Gasteiger partial charge in [-0.2, -0.15) is 0 Å². The lowest BCUT2D eigenvalue weighted by Gasteiger charge is -2.26. The van der Waals surface area contributed by atoms with Crippen molar-refractivity contribution in [2.45, 2.75) is 19.8 Å². The highest BCUT2D eigenvalue weighted by Gasteiger charge is 2.20. The molecule has 1 N–H and O–H groups in total. The highest BCUT2D eigenvalue weighted by Crippen LogP contribution is 2.04. The molecule has 0 radical (unpaired) electrons. The second kappa shape index (κ2) is 6.45. The molecule has 90 valence electrons. The molecule has 1 fully saturated rings. The first-order valence-corrected chi connectivity index (χ1v) is 7.59. The molecule has 1 saturated heterocycles. The van der Waals surface area contributed by atoms with Crippen LogP contribution in [0.5, 0.6) is 0 Å². The SMILES string of the molecule is CCNCCCCN1CCS(=O)(=O)CC1. The van der Waals surface area contributed by atoms with Crippen molar-refractivity contribution < 1.29 is 8.42 Å². The third kappa shape index (κ3) is 5.49. The third-order valence-electron chi connectivity index (χ3n) is 2.76. The molecule has 0 aromatic rings. The molecule has 0 aliphatic carbocycles. The first-order valence-electron chi connectivity index (χ1n) is 5.77. The molecule has 1 rings (SSSR count). The Morgan fingerprint density at radius 2 is 1.87 bits per heavy atom. The topological polar surface area (TPSA) is 49.4 Å². The number of nitrogens with one attached hydrogen (secondary N) is 1. The second-order valence-corrected chi connectivity index (χ2v) is 6.36. The second-order valence-electron chi connectivity index (χ2n) is 4.05. The van der Waals surface area contributed by atoms with Gasteiger partial charge in [0.2, 0.25) is 0 Å². The maximum absolute atomic E-state index is 11.2. The predicted octanol–water partition coefficient (Wildman–Crippen LogP) is 0.107. The molecule has 0 unspecified atom stereocenters. The molecule has 1 aliphatic rings. The van der Waals surface area contributed by atoms with Crippen LogP contribution in [0.4, 0.5) is 0 Å². The summed E-state index contributed by atoms with van der Waals surface area (Å²) in [5, 5.41) is 3.28. The van der Waals surface area contributed by atoms with Crippen LogP contribution in [0, 0.1) is 0 Å². The van der Waals surface area contributed by atoms with E-state index >= 15 is 0 Å². The molecular weight excluding hydrogens is 212 g/mol. The van der Waals surface area contributed by atoms with Crippen LogP contribution in [0.25, 0.3) is 0 Å². The van der Waals surface area contributed by atoms with Crippen LogP contribution in [0.15, 0.2) is 0 Å². The van der Waals surface area contributed by atoms with Crippen LogP contribution in [-0.2, 0) is 9.84 Å². The van der Waals surface area contributed by atoms with Crippen molar-refractivity contribution in [2.75, 3.05) is 44.2 Å². The lowest BCUT2D eigenvalue weighted by Crippen LogP contribution is -2.40. The largest absolute Gasteiger partial charge is 0.317 e. The van der Waals surface area contributed by atoms with Crippen molar-refractivity contribution in [3.63, 3.8) is 0 Å². The summed E-state index contributed by atoms with van der Waals surface area (Å²) in [7, 11) is -2.71. The summed E-state index contributed by atoms with van der Waals surface area (Å²) in [6.45, 7) is 6.70. The number of rotatable bonds is 6. The monoisotopic (exact) mass is 234 g/mol. The van der Waals surface area contributed by atoms with E-state index in [-0.39, 0.29) is 0 Å². The maximum Gasteiger partial charge on any atom is 0.152 e. The zero-order chi connectivity index (χ0) is 11.1. The fraction of sp³-hybridized carbons (Fsp3) is 1.00. The first-order chi connectivity index (χ1) is 7.14. The van der Waals surface area contributed by atoms with E-state index in [4.69, 9.17) is 0 Å². The molecular formula is C10H22N2O2S. The fourth-order valence-corrected chi connectivity index (χ4v) is 3.01. The highest BCUT2D eigenvalue weighted by molar-refractivity contribution is 7.91. The summed E-state index contributed by atoms with van der Waals surface area (Å²) in [4.78, 5) is 2.26. The van der Waals surface area contributed by atoms with E-state index in [9.17, 15) is 8.42 Å². The van der Waals surface area contributed by atoms with Gasteiger partial charge in [-0.25, -0.2) is 8.42 Å². The quantitative estimate of drug-likeness (QED) is 0.663. The highest BCUT2D eigenvalue weighted by atomic mass is 32.2. The Bertz CT molecular complexity index is 251. The molecule has 15 heavy (non-hydrogen) atoms. The van der Waals surface area contributed by atoms with Gasteiger partial charge in [0.15, 0.2) is 9.84 Å². The van der Waals surface area contributed by atoms with E-state index < -0.39 is 9.84 Å². The van der Waals surface area contributed by atoms with Crippen molar-refractivity contribution in [1.29, 1.82) is 0 Å². The lowest BCUT2D eigenvalue weighted by molar-refractivity contribution is 0.288. The van der Waals surface area contributed by atoms with Crippen LogP contribution in [0.1, 0.15) is 19.8 Å². The minimum absolute atomic E-state index is 0.347. The molecule has 5 heteroatoms. The van der Waals surface area contributed by atoms with Crippen LogP contribution in [0.2, 0.25) is 0 Å². The first kappa shape index (κ1) is 12.9. The van der Waals surface area contributed by atoms with Gasteiger partial charge in [0.1, 0.15) is 0 Å². The van der Waals surface area contributed by atoms with Gasteiger partial charge < -0.3 is 10.2 Å². The fourth-order valence-electron chi connectivity index (χ4n) is 1.74.